The molecule has 0 spiro atoms. The zero-order valence-corrected chi connectivity index (χ0v) is 12.6. The van der Waals surface area contributed by atoms with Crippen LogP contribution in [0.15, 0.2) is 35.4 Å². The summed E-state index contributed by atoms with van der Waals surface area (Å²) in [4.78, 5) is 2.53. The van der Waals surface area contributed by atoms with Crippen molar-refractivity contribution in [1.29, 1.82) is 0 Å². The minimum Gasteiger partial charge on any atom is -0.351 e. The van der Waals surface area contributed by atoms with Gasteiger partial charge in [0.15, 0.2) is 0 Å². The Bertz CT molecular complexity index is 728. The van der Waals surface area contributed by atoms with Gasteiger partial charge in [-0.05, 0) is 31.3 Å². The monoisotopic (exact) mass is 293 g/mol. The number of piperazine rings is 1. The fraction of sp³-hybridized carbons (Fsp3) is 0.429. The Morgan fingerprint density at radius 1 is 1.00 bits per heavy atom. The lowest BCUT2D eigenvalue weighted by Crippen LogP contribution is -2.46. The van der Waals surface area contributed by atoms with Gasteiger partial charge in [-0.3, -0.25) is 0 Å². The first-order valence-electron chi connectivity index (χ1n) is 6.72. The summed E-state index contributed by atoms with van der Waals surface area (Å²) in [6, 6.07) is 7.29. The van der Waals surface area contributed by atoms with Gasteiger partial charge in [0.1, 0.15) is 0 Å². The van der Waals surface area contributed by atoms with E-state index in [0.29, 0.717) is 18.0 Å². The molecule has 3 rings (SSSR count). The molecule has 2 aromatic rings. The highest BCUT2D eigenvalue weighted by Gasteiger charge is 2.27. The van der Waals surface area contributed by atoms with Crippen molar-refractivity contribution in [1.82, 2.24) is 13.8 Å². The van der Waals surface area contributed by atoms with Crippen LogP contribution >= 0.6 is 0 Å². The molecule has 5 nitrogen and oxygen atoms in total. The van der Waals surface area contributed by atoms with E-state index in [2.05, 4.69) is 4.90 Å². The number of likely N-dealkylation sites (N-methyl/N-ethyl adjacent to an activating group) is 1. The molecule has 1 saturated heterocycles. The minimum atomic E-state index is -3.37. The van der Waals surface area contributed by atoms with Crippen LogP contribution in [0.25, 0.3) is 10.9 Å². The third-order valence-corrected chi connectivity index (χ3v) is 5.85. The van der Waals surface area contributed by atoms with Crippen molar-refractivity contribution in [2.24, 2.45) is 7.05 Å². The van der Waals surface area contributed by atoms with Crippen molar-refractivity contribution in [3.63, 3.8) is 0 Å². The van der Waals surface area contributed by atoms with Crippen molar-refractivity contribution in [2.75, 3.05) is 33.2 Å². The van der Waals surface area contributed by atoms with E-state index in [9.17, 15) is 8.42 Å². The second-order valence-corrected chi connectivity index (χ2v) is 7.29. The van der Waals surface area contributed by atoms with Gasteiger partial charge in [-0.2, -0.15) is 4.31 Å². The van der Waals surface area contributed by atoms with E-state index in [1.165, 1.54) is 0 Å². The Balaban J connectivity index is 1.96. The Labute approximate surface area is 119 Å². The quantitative estimate of drug-likeness (QED) is 0.833. The van der Waals surface area contributed by atoms with Crippen LogP contribution in [0, 0.1) is 0 Å². The fourth-order valence-corrected chi connectivity index (χ4v) is 4.06. The van der Waals surface area contributed by atoms with Crippen molar-refractivity contribution in [3.05, 3.63) is 30.5 Å². The summed E-state index contributed by atoms with van der Waals surface area (Å²) in [6.45, 7) is 2.69. The van der Waals surface area contributed by atoms with E-state index < -0.39 is 10.0 Å². The second kappa shape index (κ2) is 4.87. The molecule has 0 atom stereocenters. The second-order valence-electron chi connectivity index (χ2n) is 5.35. The van der Waals surface area contributed by atoms with E-state index in [1.54, 1.807) is 16.4 Å². The molecule has 1 aromatic heterocycles. The molecule has 1 aliphatic heterocycles. The van der Waals surface area contributed by atoms with Crippen LogP contribution in [0.2, 0.25) is 0 Å². The number of fused-ring (bicyclic) bond motifs is 1. The van der Waals surface area contributed by atoms with Gasteiger partial charge >= 0.3 is 0 Å². The summed E-state index contributed by atoms with van der Waals surface area (Å²) < 4.78 is 28.9. The number of rotatable bonds is 2. The number of sulfonamides is 1. The van der Waals surface area contributed by atoms with Crippen LogP contribution < -0.4 is 0 Å². The first kappa shape index (κ1) is 13.6. The lowest BCUT2D eigenvalue weighted by molar-refractivity contribution is 0.222. The first-order chi connectivity index (χ1) is 9.48. The summed E-state index contributed by atoms with van der Waals surface area (Å²) in [5.41, 5.74) is 1.04. The molecule has 2 heterocycles. The maximum Gasteiger partial charge on any atom is 0.243 e. The minimum absolute atomic E-state index is 0.390. The summed E-state index contributed by atoms with van der Waals surface area (Å²) in [7, 11) is 0.599. The van der Waals surface area contributed by atoms with Crippen LogP contribution in [0.1, 0.15) is 0 Å². The normalized spacial score (nSPS) is 18.7. The van der Waals surface area contributed by atoms with Gasteiger partial charge in [0.25, 0.3) is 0 Å². The highest BCUT2D eigenvalue weighted by atomic mass is 32.2. The molecule has 0 radical (unpaired) electrons. The Kier molecular flexibility index (Phi) is 3.32. The van der Waals surface area contributed by atoms with Gasteiger partial charge in [-0.1, -0.05) is 0 Å². The van der Waals surface area contributed by atoms with Gasteiger partial charge in [-0.15, -0.1) is 0 Å². The Morgan fingerprint density at radius 2 is 1.70 bits per heavy atom. The maximum atomic E-state index is 12.6. The van der Waals surface area contributed by atoms with E-state index in [-0.39, 0.29) is 0 Å². The molecule has 0 bridgehead atoms. The summed E-state index contributed by atoms with van der Waals surface area (Å²) in [5.74, 6) is 0. The SMILES string of the molecule is CN1CCN(S(=O)(=O)c2ccc3c(ccn3C)c2)CC1. The lowest BCUT2D eigenvalue weighted by Gasteiger charge is -2.31. The predicted octanol–water partition coefficient (Wildman–Crippen LogP) is 1.11. The molecule has 1 aromatic carbocycles. The molecule has 0 unspecified atom stereocenters. The first-order valence-corrected chi connectivity index (χ1v) is 8.16. The lowest BCUT2D eigenvalue weighted by atomic mass is 10.2. The number of aromatic nitrogens is 1. The van der Waals surface area contributed by atoms with Crippen molar-refractivity contribution in [3.8, 4) is 0 Å². The third kappa shape index (κ3) is 2.24. The largest absolute Gasteiger partial charge is 0.351 e. The fourth-order valence-electron chi connectivity index (χ4n) is 2.60. The molecular formula is C14H19N3O2S. The average molecular weight is 293 g/mol. The van der Waals surface area contributed by atoms with Gasteiger partial charge in [0.2, 0.25) is 10.0 Å². The third-order valence-electron chi connectivity index (χ3n) is 3.96. The van der Waals surface area contributed by atoms with Crippen molar-refractivity contribution in [2.45, 2.75) is 4.90 Å². The maximum absolute atomic E-state index is 12.6. The molecule has 108 valence electrons. The van der Waals surface area contributed by atoms with Gasteiger partial charge in [-0.25, -0.2) is 8.42 Å². The summed E-state index contributed by atoms with van der Waals surface area (Å²) >= 11 is 0. The Hall–Kier alpha value is -1.37. The van der Waals surface area contributed by atoms with Crippen LogP contribution in [0.3, 0.4) is 0 Å². The Morgan fingerprint density at radius 3 is 2.40 bits per heavy atom. The standard InChI is InChI=1S/C14H19N3O2S/c1-15-7-9-17(10-8-15)20(18,19)13-3-4-14-12(11-13)5-6-16(14)2/h3-6,11H,7-10H2,1-2H3. The predicted molar refractivity (Wildman–Crippen MR) is 79.2 cm³/mol. The van der Waals surface area contributed by atoms with E-state index in [0.717, 1.165) is 24.0 Å². The summed E-state index contributed by atoms with van der Waals surface area (Å²) in [5, 5.41) is 0.961. The topological polar surface area (TPSA) is 45.6 Å². The molecular weight excluding hydrogens is 274 g/mol. The van der Waals surface area contributed by atoms with Crippen LogP contribution in [0.5, 0.6) is 0 Å². The number of aryl methyl sites for hydroxylation is 1. The molecule has 6 heteroatoms. The van der Waals surface area contributed by atoms with Gasteiger partial charge in [0, 0.05) is 50.3 Å². The molecule has 1 aliphatic rings. The number of benzene rings is 1. The average Bonchev–Trinajstić information content (AvgIpc) is 2.80. The molecule has 0 amide bonds. The zero-order chi connectivity index (χ0) is 14.3. The van der Waals surface area contributed by atoms with E-state index >= 15 is 0 Å². The molecule has 1 fully saturated rings. The van der Waals surface area contributed by atoms with Crippen LogP contribution in [0.4, 0.5) is 0 Å². The highest BCUT2D eigenvalue weighted by molar-refractivity contribution is 7.89. The number of hydrogen-bond donors (Lipinski definition) is 0. The molecule has 0 saturated carbocycles. The molecule has 0 N–H and O–H groups in total. The van der Waals surface area contributed by atoms with Crippen LogP contribution in [-0.2, 0) is 17.1 Å². The van der Waals surface area contributed by atoms with Crippen molar-refractivity contribution >= 4 is 20.9 Å². The highest BCUT2D eigenvalue weighted by Crippen LogP contribution is 2.23. The van der Waals surface area contributed by atoms with Gasteiger partial charge in [0.05, 0.1) is 4.90 Å². The van der Waals surface area contributed by atoms with E-state index in [1.807, 2.05) is 37.0 Å². The summed E-state index contributed by atoms with van der Waals surface area (Å²) in [6.07, 6.45) is 1.94. The van der Waals surface area contributed by atoms with Crippen LogP contribution in [-0.4, -0.2) is 55.4 Å². The van der Waals surface area contributed by atoms with Crippen molar-refractivity contribution < 1.29 is 8.42 Å². The number of hydrogen-bond acceptors (Lipinski definition) is 3. The smallest absolute Gasteiger partial charge is 0.243 e. The molecule has 20 heavy (non-hydrogen) atoms. The molecule has 0 aliphatic carbocycles. The zero-order valence-electron chi connectivity index (χ0n) is 11.8. The van der Waals surface area contributed by atoms with Gasteiger partial charge < -0.3 is 9.47 Å². The number of nitrogens with zero attached hydrogens (tertiary/aromatic N) is 3. The van der Waals surface area contributed by atoms with E-state index in [4.69, 9.17) is 0 Å².